The molecule has 0 amide bonds. The van der Waals surface area contributed by atoms with E-state index in [0.29, 0.717) is 18.1 Å². The van der Waals surface area contributed by atoms with E-state index in [4.69, 9.17) is 0 Å². The Morgan fingerprint density at radius 2 is 1.40 bits per heavy atom. The second kappa shape index (κ2) is 3.61. The maximum atomic E-state index is 2.95. The fourth-order valence-electron chi connectivity index (χ4n) is 7.35. The molecule has 1 spiro atoms. The summed E-state index contributed by atoms with van der Waals surface area (Å²) in [5, 5.41) is 0. The van der Waals surface area contributed by atoms with E-state index in [9.17, 15) is 0 Å². The van der Waals surface area contributed by atoms with Crippen LogP contribution in [0, 0.1) is 0 Å². The summed E-state index contributed by atoms with van der Waals surface area (Å²) in [7, 11) is 0. The smallest absolute Gasteiger partial charge is 0.264 e. The van der Waals surface area contributed by atoms with Gasteiger partial charge in [-0.3, -0.25) is 9.13 Å². The number of rotatable bonds is 0. The molecule has 8 rings (SSSR count). The van der Waals surface area contributed by atoms with Crippen molar-refractivity contribution in [3.8, 4) is 0 Å². The molecular formula is C21H22N4. The van der Waals surface area contributed by atoms with Crippen molar-refractivity contribution < 1.29 is 0 Å². The zero-order valence-electron chi connectivity index (χ0n) is 14.4. The quantitative estimate of drug-likeness (QED) is 0.738. The van der Waals surface area contributed by atoms with Gasteiger partial charge in [0.15, 0.2) is 0 Å². The molecule has 4 unspecified atom stereocenters. The van der Waals surface area contributed by atoms with Gasteiger partial charge in [0.25, 0.3) is 5.91 Å². The molecular weight excluding hydrogens is 308 g/mol. The molecule has 0 saturated carbocycles. The predicted octanol–water partition coefficient (Wildman–Crippen LogP) is 2.62. The first-order valence-electron chi connectivity index (χ1n) is 10.0. The molecule has 2 saturated heterocycles. The summed E-state index contributed by atoms with van der Waals surface area (Å²) < 4.78 is 5.51. The van der Waals surface area contributed by atoms with Gasteiger partial charge in [-0.25, -0.2) is 4.90 Å². The first-order chi connectivity index (χ1) is 12.4. The molecule has 126 valence electrons. The summed E-state index contributed by atoms with van der Waals surface area (Å²) in [5.74, 6) is -0.103. The molecule has 6 aliphatic rings. The van der Waals surface area contributed by atoms with Crippen LogP contribution in [0.3, 0.4) is 0 Å². The van der Waals surface area contributed by atoms with Gasteiger partial charge >= 0.3 is 0 Å². The van der Waals surface area contributed by atoms with Crippen LogP contribution in [0.1, 0.15) is 48.5 Å². The van der Waals surface area contributed by atoms with Crippen molar-refractivity contribution in [1.29, 1.82) is 0 Å². The normalized spacial score (nSPS) is 38.6. The van der Waals surface area contributed by atoms with Gasteiger partial charge in [-0.2, -0.15) is 0 Å². The van der Waals surface area contributed by atoms with Gasteiger partial charge in [0.1, 0.15) is 0 Å². The van der Waals surface area contributed by atoms with Crippen LogP contribution < -0.4 is 0 Å². The highest BCUT2D eigenvalue weighted by Gasteiger charge is 2.65. The Morgan fingerprint density at radius 3 is 2.16 bits per heavy atom. The van der Waals surface area contributed by atoms with Crippen LogP contribution in [0.5, 0.6) is 0 Å². The van der Waals surface area contributed by atoms with Crippen LogP contribution in [-0.4, -0.2) is 37.1 Å². The first-order valence-corrected chi connectivity index (χ1v) is 10.0. The van der Waals surface area contributed by atoms with Crippen molar-refractivity contribution >= 4 is 0 Å². The lowest BCUT2D eigenvalue weighted by Crippen LogP contribution is -2.77. The Morgan fingerprint density at radius 1 is 0.760 bits per heavy atom. The van der Waals surface area contributed by atoms with Crippen LogP contribution >= 0.6 is 0 Å². The summed E-state index contributed by atoms with van der Waals surface area (Å²) in [4.78, 5) is 5.80. The fraction of sp³-hybridized carbons (Fsp3) is 0.524. The minimum Gasteiger partial charge on any atom is -0.318 e. The fourth-order valence-corrected chi connectivity index (χ4v) is 7.35. The predicted molar refractivity (Wildman–Crippen MR) is 94.0 cm³/mol. The van der Waals surface area contributed by atoms with E-state index in [1.165, 1.54) is 49.9 Å². The first kappa shape index (κ1) is 12.4. The second-order valence-electron chi connectivity index (χ2n) is 8.94. The highest BCUT2D eigenvalue weighted by Crippen LogP contribution is 2.57. The van der Waals surface area contributed by atoms with Crippen molar-refractivity contribution in [2.45, 2.75) is 69.0 Å². The van der Waals surface area contributed by atoms with Crippen LogP contribution in [0.15, 0.2) is 36.0 Å². The molecule has 4 atom stereocenters. The van der Waals surface area contributed by atoms with Crippen LogP contribution in [0.4, 0.5) is 0 Å². The molecule has 2 fully saturated rings. The summed E-state index contributed by atoms with van der Waals surface area (Å²) in [6, 6.07) is 11.8. The molecule has 0 radical (unpaired) electrons. The van der Waals surface area contributed by atoms with Crippen LogP contribution in [0.2, 0.25) is 0 Å². The minimum absolute atomic E-state index is 0.103. The number of nitrogens with zero attached hydrogens (tertiary/aromatic N) is 4. The Balaban J connectivity index is 1.59. The molecule has 0 bridgehead atoms. The van der Waals surface area contributed by atoms with E-state index in [0.717, 1.165) is 6.42 Å². The molecule has 0 N–H and O–H groups in total. The Hall–Kier alpha value is -1.94. The number of aromatic nitrogens is 2. The van der Waals surface area contributed by atoms with Crippen molar-refractivity contribution in [2.75, 3.05) is 0 Å². The Labute approximate surface area is 147 Å². The average Bonchev–Trinajstić information content (AvgIpc) is 3.38. The van der Waals surface area contributed by atoms with Crippen LogP contribution in [0.25, 0.3) is 0 Å². The summed E-state index contributed by atoms with van der Waals surface area (Å²) in [6.07, 6.45) is 11.3. The molecule has 4 nitrogen and oxygen atoms in total. The van der Waals surface area contributed by atoms with E-state index in [1.807, 2.05) is 0 Å². The van der Waals surface area contributed by atoms with Crippen LogP contribution in [-0.2, 0) is 25.2 Å². The molecule has 25 heavy (non-hydrogen) atoms. The third-order valence-electron chi connectivity index (χ3n) is 7.97. The van der Waals surface area contributed by atoms with Gasteiger partial charge in [-0.05, 0) is 43.5 Å². The van der Waals surface area contributed by atoms with Gasteiger partial charge < -0.3 is 4.90 Å². The summed E-state index contributed by atoms with van der Waals surface area (Å²) >= 11 is 0. The monoisotopic (exact) mass is 330 g/mol. The lowest BCUT2D eigenvalue weighted by atomic mass is 9.96. The lowest BCUT2D eigenvalue weighted by Gasteiger charge is -2.65. The average molecular weight is 330 g/mol. The topological polar surface area (TPSA) is 16.3 Å². The zero-order valence-corrected chi connectivity index (χ0v) is 14.4. The lowest BCUT2D eigenvalue weighted by molar-refractivity contribution is -0.212. The molecule has 0 aromatic carbocycles. The highest BCUT2D eigenvalue weighted by molar-refractivity contribution is 5.40. The van der Waals surface area contributed by atoms with Gasteiger partial charge in [-0.1, -0.05) is 6.08 Å². The largest absolute Gasteiger partial charge is 0.318 e. The molecule has 2 aromatic heterocycles. The van der Waals surface area contributed by atoms with Gasteiger partial charge in [0, 0.05) is 72.3 Å². The summed E-state index contributed by atoms with van der Waals surface area (Å²) in [5.41, 5.74) is 7.79. The second-order valence-corrected chi connectivity index (χ2v) is 8.94. The van der Waals surface area contributed by atoms with E-state index in [-0.39, 0.29) is 5.91 Å². The van der Waals surface area contributed by atoms with Crippen molar-refractivity contribution in [3.05, 3.63) is 58.8 Å². The highest BCUT2D eigenvalue weighted by atomic mass is 15.7. The van der Waals surface area contributed by atoms with Gasteiger partial charge in [0.05, 0.1) is 0 Å². The van der Waals surface area contributed by atoms with E-state index >= 15 is 0 Å². The maximum Gasteiger partial charge on any atom is 0.264 e. The van der Waals surface area contributed by atoms with Crippen molar-refractivity contribution in [1.82, 2.24) is 18.9 Å². The molecule has 2 aromatic rings. The van der Waals surface area contributed by atoms with E-state index in [1.54, 1.807) is 17.1 Å². The Bertz CT molecular complexity index is 975. The van der Waals surface area contributed by atoms with Gasteiger partial charge in [-0.15, -0.1) is 0 Å². The molecule has 4 heteroatoms. The molecule has 8 heterocycles. The number of hydrogen-bond donors (Lipinski definition) is 0. The minimum atomic E-state index is -0.103. The summed E-state index contributed by atoms with van der Waals surface area (Å²) in [6.45, 7) is 0. The maximum absolute atomic E-state index is 2.95. The third kappa shape index (κ3) is 1.09. The van der Waals surface area contributed by atoms with E-state index in [2.05, 4.69) is 49.3 Å². The number of hydrogen-bond acceptors (Lipinski definition) is 2. The third-order valence-corrected chi connectivity index (χ3v) is 7.97. The molecule has 6 aliphatic heterocycles. The zero-order chi connectivity index (χ0) is 15.9. The standard InChI is InChI=1S/C21H22N4/c1-2-14-10-16-5-6-18-12-20-8-7-19-11-17-4-3-15-9-13(1)22(14)21(23(15)17,24(16)18)25(19)20/h1-4,6,16,19-20H,5,7-12H2. The van der Waals surface area contributed by atoms with E-state index < -0.39 is 0 Å². The SMILES string of the molecule is C1=C2CC3CCC4Cc5ccc6n5C5(N2C(C1)Cc1ccc(n15)C6)N34. The van der Waals surface area contributed by atoms with Crippen molar-refractivity contribution in [2.24, 2.45) is 0 Å². The molecule has 0 aliphatic carbocycles. The van der Waals surface area contributed by atoms with Gasteiger partial charge in [0.2, 0.25) is 0 Å². The Kier molecular flexibility index (Phi) is 1.79. The van der Waals surface area contributed by atoms with Crippen molar-refractivity contribution in [3.63, 3.8) is 0 Å².